The summed E-state index contributed by atoms with van der Waals surface area (Å²) in [5, 5.41) is 0.766. The lowest BCUT2D eigenvalue weighted by atomic mass is 10.0. The number of thiophene rings is 1. The van der Waals surface area contributed by atoms with Gasteiger partial charge in [0.15, 0.2) is 0 Å². The minimum Gasteiger partial charge on any atom is -0.271 e. The van der Waals surface area contributed by atoms with Crippen LogP contribution in [-0.4, -0.2) is 6.04 Å². The van der Waals surface area contributed by atoms with E-state index in [0.29, 0.717) is 0 Å². The van der Waals surface area contributed by atoms with Gasteiger partial charge in [-0.15, -0.1) is 11.3 Å². The smallest absolute Gasteiger partial charge is 0.0701 e. The van der Waals surface area contributed by atoms with E-state index in [4.69, 9.17) is 17.4 Å². The Morgan fingerprint density at radius 2 is 2.11 bits per heavy atom. The van der Waals surface area contributed by atoms with Crippen molar-refractivity contribution in [2.75, 3.05) is 0 Å². The molecule has 96 valence electrons. The second-order valence-corrected chi connectivity index (χ2v) is 7.09. The van der Waals surface area contributed by atoms with Crippen LogP contribution < -0.4 is 11.3 Å². The van der Waals surface area contributed by atoms with Crippen molar-refractivity contribution >= 4 is 38.9 Å². The molecular weight excluding hydrogens is 332 g/mol. The molecule has 0 saturated carbocycles. The van der Waals surface area contributed by atoms with Crippen molar-refractivity contribution < 1.29 is 0 Å². The number of halogens is 2. The third-order valence-corrected chi connectivity index (χ3v) is 4.56. The summed E-state index contributed by atoms with van der Waals surface area (Å²) >= 11 is 11.2. The van der Waals surface area contributed by atoms with Gasteiger partial charge in [0.25, 0.3) is 0 Å². The van der Waals surface area contributed by atoms with Gasteiger partial charge >= 0.3 is 0 Å². The highest BCUT2D eigenvalue weighted by Gasteiger charge is 2.10. The lowest BCUT2D eigenvalue weighted by Crippen LogP contribution is -2.38. The Labute approximate surface area is 124 Å². The number of rotatable bonds is 5. The van der Waals surface area contributed by atoms with Crippen molar-refractivity contribution in [3.8, 4) is 0 Å². The maximum Gasteiger partial charge on any atom is 0.0701 e. The summed E-state index contributed by atoms with van der Waals surface area (Å²) < 4.78 is 1.15. The van der Waals surface area contributed by atoms with Crippen molar-refractivity contribution in [1.29, 1.82) is 0 Å². The van der Waals surface area contributed by atoms with Crippen LogP contribution in [0.5, 0.6) is 0 Å². The molecule has 1 unspecified atom stereocenters. The number of hydrazine groups is 1. The van der Waals surface area contributed by atoms with Gasteiger partial charge in [-0.05, 0) is 58.6 Å². The first kappa shape index (κ1) is 14.0. The van der Waals surface area contributed by atoms with Crippen molar-refractivity contribution in [2.24, 2.45) is 5.84 Å². The molecule has 5 heteroatoms. The summed E-state index contributed by atoms with van der Waals surface area (Å²) in [6.45, 7) is 0. The standard InChI is InChI=1S/C13H14BrClN2S/c14-13-5-4-12(18-13)8-11(17-16)7-9-2-1-3-10(15)6-9/h1-6,11,17H,7-8,16H2. The number of hydrogen-bond acceptors (Lipinski definition) is 3. The van der Waals surface area contributed by atoms with Crippen LogP contribution >= 0.6 is 38.9 Å². The average Bonchev–Trinajstić information content (AvgIpc) is 2.74. The van der Waals surface area contributed by atoms with Crippen molar-refractivity contribution in [1.82, 2.24) is 5.43 Å². The summed E-state index contributed by atoms with van der Waals surface area (Å²) in [6, 6.07) is 12.3. The van der Waals surface area contributed by atoms with Crippen LogP contribution in [-0.2, 0) is 12.8 Å². The van der Waals surface area contributed by atoms with E-state index in [1.807, 2.05) is 18.2 Å². The third kappa shape index (κ3) is 4.07. The summed E-state index contributed by atoms with van der Waals surface area (Å²) in [7, 11) is 0. The first-order chi connectivity index (χ1) is 8.67. The van der Waals surface area contributed by atoms with Crippen LogP contribution in [0.25, 0.3) is 0 Å². The van der Waals surface area contributed by atoms with Crippen LogP contribution in [0.15, 0.2) is 40.2 Å². The molecule has 0 saturated heterocycles. The molecule has 0 amide bonds. The highest BCUT2D eigenvalue weighted by Crippen LogP contribution is 2.23. The van der Waals surface area contributed by atoms with Gasteiger partial charge in [-0.2, -0.15) is 0 Å². The van der Waals surface area contributed by atoms with Gasteiger partial charge in [-0.3, -0.25) is 11.3 Å². The molecule has 0 aliphatic carbocycles. The monoisotopic (exact) mass is 344 g/mol. The van der Waals surface area contributed by atoms with E-state index < -0.39 is 0 Å². The first-order valence-corrected chi connectivity index (χ1v) is 7.61. The van der Waals surface area contributed by atoms with Crippen LogP contribution in [0.3, 0.4) is 0 Å². The molecule has 3 N–H and O–H groups in total. The van der Waals surface area contributed by atoms with Gasteiger partial charge in [0.2, 0.25) is 0 Å². The predicted molar refractivity (Wildman–Crippen MR) is 82.0 cm³/mol. The van der Waals surface area contributed by atoms with Crippen LogP contribution in [0.2, 0.25) is 5.02 Å². The predicted octanol–water partition coefficient (Wildman–Crippen LogP) is 3.78. The molecule has 1 aromatic heterocycles. The second-order valence-electron chi connectivity index (χ2n) is 4.11. The molecule has 2 rings (SSSR count). The second kappa shape index (κ2) is 6.68. The lowest BCUT2D eigenvalue weighted by molar-refractivity contribution is 0.526. The van der Waals surface area contributed by atoms with E-state index in [9.17, 15) is 0 Å². The fourth-order valence-corrected chi connectivity index (χ4v) is 3.62. The average molecular weight is 346 g/mol. The fraction of sp³-hybridized carbons (Fsp3) is 0.231. The topological polar surface area (TPSA) is 38.0 Å². The van der Waals surface area contributed by atoms with E-state index in [2.05, 4.69) is 39.6 Å². The van der Waals surface area contributed by atoms with Gasteiger partial charge in [-0.1, -0.05) is 23.7 Å². The van der Waals surface area contributed by atoms with E-state index in [-0.39, 0.29) is 6.04 Å². The van der Waals surface area contributed by atoms with Crippen molar-refractivity contribution in [3.63, 3.8) is 0 Å². The molecule has 1 heterocycles. The summed E-state index contributed by atoms with van der Waals surface area (Å²) in [4.78, 5) is 1.31. The largest absolute Gasteiger partial charge is 0.271 e. The highest BCUT2D eigenvalue weighted by molar-refractivity contribution is 9.11. The van der Waals surface area contributed by atoms with Crippen molar-refractivity contribution in [3.05, 3.63) is 55.6 Å². The first-order valence-electron chi connectivity index (χ1n) is 5.62. The molecule has 0 spiro atoms. The number of hydrogen-bond donors (Lipinski definition) is 2. The van der Waals surface area contributed by atoms with Crippen LogP contribution in [0, 0.1) is 0 Å². The van der Waals surface area contributed by atoms with Gasteiger partial charge < -0.3 is 0 Å². The quantitative estimate of drug-likeness (QED) is 0.639. The fourth-order valence-electron chi connectivity index (χ4n) is 1.84. The zero-order valence-corrected chi connectivity index (χ0v) is 12.9. The van der Waals surface area contributed by atoms with E-state index in [1.165, 1.54) is 10.4 Å². The molecule has 2 aromatic rings. The number of nitrogens with two attached hydrogens (primary N) is 1. The Bertz CT molecular complexity index is 515. The molecule has 18 heavy (non-hydrogen) atoms. The minimum atomic E-state index is 0.217. The SMILES string of the molecule is NNC(Cc1cccc(Cl)c1)Cc1ccc(Br)s1. The van der Waals surface area contributed by atoms with Crippen LogP contribution in [0.4, 0.5) is 0 Å². The summed E-state index contributed by atoms with van der Waals surface area (Å²) in [5.74, 6) is 5.62. The van der Waals surface area contributed by atoms with E-state index in [0.717, 1.165) is 21.7 Å². The zero-order chi connectivity index (χ0) is 13.0. The Morgan fingerprint density at radius 3 is 2.72 bits per heavy atom. The van der Waals surface area contributed by atoms with Gasteiger partial charge in [0.1, 0.15) is 0 Å². The Morgan fingerprint density at radius 1 is 1.28 bits per heavy atom. The Kier molecular flexibility index (Phi) is 5.21. The molecule has 1 aromatic carbocycles. The molecule has 0 aliphatic rings. The summed E-state index contributed by atoms with van der Waals surface area (Å²) in [5.41, 5.74) is 4.07. The molecule has 0 radical (unpaired) electrons. The molecular formula is C13H14BrClN2S. The molecule has 0 aliphatic heterocycles. The third-order valence-electron chi connectivity index (χ3n) is 2.68. The van der Waals surface area contributed by atoms with Crippen molar-refractivity contribution in [2.45, 2.75) is 18.9 Å². The molecule has 1 atom stereocenters. The maximum absolute atomic E-state index is 5.98. The van der Waals surface area contributed by atoms with E-state index in [1.54, 1.807) is 11.3 Å². The summed E-state index contributed by atoms with van der Waals surface area (Å²) in [6.07, 6.45) is 1.78. The number of nitrogens with one attached hydrogen (secondary N) is 1. The normalized spacial score (nSPS) is 12.6. The Balaban J connectivity index is 2.01. The van der Waals surface area contributed by atoms with Gasteiger partial charge in [-0.25, -0.2) is 0 Å². The van der Waals surface area contributed by atoms with Gasteiger partial charge in [0.05, 0.1) is 3.79 Å². The molecule has 0 fully saturated rings. The number of benzene rings is 1. The van der Waals surface area contributed by atoms with Gasteiger partial charge in [0, 0.05) is 15.9 Å². The zero-order valence-electron chi connectivity index (χ0n) is 9.70. The molecule has 2 nitrogen and oxygen atoms in total. The molecule has 0 bridgehead atoms. The minimum absolute atomic E-state index is 0.217. The maximum atomic E-state index is 5.98. The highest BCUT2D eigenvalue weighted by atomic mass is 79.9. The van der Waals surface area contributed by atoms with E-state index >= 15 is 0 Å². The van der Waals surface area contributed by atoms with Crippen LogP contribution in [0.1, 0.15) is 10.4 Å². The lowest BCUT2D eigenvalue weighted by Gasteiger charge is -2.15. The Hall–Kier alpha value is -0.390.